The molecule has 9 rings (SSSR count). The maximum Gasteiger partial charge on any atom is 0.217 e. The Morgan fingerprint density at radius 3 is 0.888 bits per heavy atom. The molecule has 9 heterocycles. The lowest BCUT2D eigenvalue weighted by Crippen LogP contribution is -2.72. The maximum atomic E-state index is 13.3. The molecule has 3 amide bonds. The minimum atomic E-state index is -2.34. The summed E-state index contributed by atoms with van der Waals surface area (Å²) >= 11 is 0. The summed E-state index contributed by atoms with van der Waals surface area (Å²) in [6.45, 7) is -2.47. The van der Waals surface area contributed by atoms with Gasteiger partial charge in [0.05, 0.1) is 58.5 Å². The molecular weight excluding hydrogens is 1470 g/mol. The quantitative estimate of drug-likeness (QED) is 0.0382. The average molecular weight is 1570 g/mol. The Balaban J connectivity index is 1.04. The highest BCUT2D eigenvalue weighted by Gasteiger charge is 2.62. The van der Waals surface area contributed by atoms with Crippen LogP contribution in [0.15, 0.2) is 0 Å². The minimum absolute atomic E-state index is 0.843. The van der Waals surface area contributed by atoms with E-state index >= 15 is 0 Å². The molecule has 0 saturated carbocycles. The third-order valence-electron chi connectivity index (χ3n) is 19.9. The van der Waals surface area contributed by atoms with Crippen molar-refractivity contribution in [3.05, 3.63) is 0 Å². The molecule has 27 N–H and O–H groups in total. The summed E-state index contributed by atoms with van der Waals surface area (Å²) in [7, 11) is 0. The number of hydrogen-bond donors (Lipinski definition) is 27. The molecule has 45 atom stereocenters. The summed E-state index contributed by atoms with van der Waals surface area (Å²) in [4.78, 5) is 38.9. The van der Waals surface area contributed by atoms with Crippen molar-refractivity contribution in [2.75, 3.05) is 46.2 Å². The number of aliphatic hydroxyl groups is 24. The Labute approximate surface area is 606 Å². The van der Waals surface area contributed by atoms with Gasteiger partial charge in [-0.2, -0.15) is 0 Å². The van der Waals surface area contributed by atoms with Crippen molar-refractivity contribution in [3.63, 3.8) is 0 Å². The summed E-state index contributed by atoms with van der Waals surface area (Å²) < 4.78 is 102. The van der Waals surface area contributed by atoms with Crippen LogP contribution in [-0.4, -0.2) is 463 Å². The van der Waals surface area contributed by atoms with E-state index in [0.29, 0.717) is 0 Å². The first-order chi connectivity index (χ1) is 50.6. The molecule has 0 aromatic heterocycles. The van der Waals surface area contributed by atoms with Crippen LogP contribution in [0.4, 0.5) is 0 Å². The Kier molecular flexibility index (Phi) is 31.0. The predicted molar refractivity (Wildman–Crippen MR) is 329 cm³/mol. The molecule has 0 bridgehead atoms. The topological polar surface area (TPSA) is 730 Å². The Bertz CT molecular complexity index is 2810. The molecule has 47 heteroatoms. The maximum absolute atomic E-state index is 13.3. The van der Waals surface area contributed by atoms with Crippen LogP contribution >= 0.6 is 0 Å². The second-order valence-electron chi connectivity index (χ2n) is 27.4. The first kappa shape index (κ1) is 87.7. The Morgan fingerprint density at radius 1 is 0.243 bits per heavy atom. The predicted octanol–water partition coefficient (Wildman–Crippen LogP) is -18.1. The fourth-order valence-corrected chi connectivity index (χ4v) is 14.0. The molecule has 107 heavy (non-hydrogen) atoms. The van der Waals surface area contributed by atoms with Crippen molar-refractivity contribution in [2.45, 2.75) is 311 Å². The van der Waals surface area contributed by atoms with Gasteiger partial charge in [0.1, 0.15) is 207 Å². The lowest BCUT2D eigenvalue weighted by Gasteiger charge is -2.52. The molecule has 9 fully saturated rings. The van der Waals surface area contributed by atoms with E-state index in [-0.39, 0.29) is 0 Å². The van der Waals surface area contributed by atoms with Gasteiger partial charge in [-0.15, -0.1) is 0 Å². The van der Waals surface area contributed by atoms with Gasteiger partial charge in [0.2, 0.25) is 17.7 Å². The van der Waals surface area contributed by atoms with Gasteiger partial charge in [-0.25, -0.2) is 0 Å². The van der Waals surface area contributed by atoms with Crippen LogP contribution in [-0.2, 0) is 94.9 Å². The molecule has 0 aliphatic carbocycles. The van der Waals surface area contributed by atoms with Gasteiger partial charge in [-0.05, 0) is 13.8 Å². The molecule has 9 saturated heterocycles. The van der Waals surface area contributed by atoms with Gasteiger partial charge in [0.25, 0.3) is 0 Å². The minimum Gasteiger partial charge on any atom is -0.394 e. The normalized spacial score (nSPS) is 50.7. The van der Waals surface area contributed by atoms with Crippen molar-refractivity contribution in [1.29, 1.82) is 0 Å². The zero-order chi connectivity index (χ0) is 78.8. The van der Waals surface area contributed by atoms with E-state index in [2.05, 4.69) is 16.0 Å². The largest absolute Gasteiger partial charge is 0.394 e. The van der Waals surface area contributed by atoms with Crippen LogP contribution in [0.2, 0.25) is 0 Å². The van der Waals surface area contributed by atoms with E-state index in [9.17, 15) is 137 Å². The highest BCUT2D eigenvalue weighted by Crippen LogP contribution is 2.41. The van der Waals surface area contributed by atoms with Gasteiger partial charge in [-0.1, -0.05) is 0 Å². The standard InChI is InChI=1S/C60H101N3O44/c1-13-28(74)37(83)41(87)56(91-13)106-50-48(104-53-25(61-15(3)71)34(80)30(76)18(6-64)94-53)32(78)20(8-66)96-59(50)102-45-24(12-70)99-55(27(36(45)82)63-17(5)73)105-49-33(79)21(9-67)97-60(51(49)107-57-42(88)38(84)29(75)14(2)92-57)101-44-23(11-69)98-54(26(35(44)81)62-16(4)72)103-47-31(77)19(7-65)95-58(43(47)89)100-46-22(10-68)93-52(90)40(86)39(46)85/h13-14,18-60,64-70,74-90H,6-12H2,1-5H3,(H,61,71)(H,62,72)(H,63,73)/t13-,14-,18+,19+,20+,21+,22+,23+,24+,25+,26+,27+,28+,29+,30-,31-,32-,33-,34+,35+,36+,37+,38+,39+,40+,41-,42-,43+,44+,45-,46+,47-,48-,49-,50+,51+,52+,53+,54-,55-,56-,57-,58-,59-,60-/m0/s1. The highest BCUT2D eigenvalue weighted by atomic mass is 16.8. The van der Waals surface area contributed by atoms with E-state index in [1.54, 1.807) is 0 Å². The van der Waals surface area contributed by atoms with Crippen LogP contribution in [0, 0.1) is 0 Å². The van der Waals surface area contributed by atoms with Crippen molar-refractivity contribution >= 4 is 17.7 Å². The molecule has 47 nitrogen and oxygen atoms in total. The van der Waals surface area contributed by atoms with E-state index in [4.69, 9.17) is 80.5 Å². The fraction of sp³-hybridized carbons (Fsp3) is 0.950. The molecule has 9 aliphatic heterocycles. The number of carbonyl (C=O) groups is 3. The number of nitrogens with one attached hydrogen (secondary N) is 3. The van der Waals surface area contributed by atoms with Crippen LogP contribution in [0.25, 0.3) is 0 Å². The van der Waals surface area contributed by atoms with Crippen LogP contribution < -0.4 is 16.0 Å². The van der Waals surface area contributed by atoms with E-state index < -0.39 is 340 Å². The summed E-state index contributed by atoms with van der Waals surface area (Å²) in [6, 6.07) is -5.79. The lowest BCUT2D eigenvalue weighted by atomic mass is 9.93. The first-order valence-corrected chi connectivity index (χ1v) is 34.4. The molecule has 9 aliphatic rings. The molecular formula is C60H101N3O44. The summed E-state index contributed by atoms with van der Waals surface area (Å²) in [6.07, 6.45) is -85.3. The number of amides is 3. The second kappa shape index (κ2) is 37.8. The molecule has 0 aromatic rings. The lowest BCUT2D eigenvalue weighted by molar-refractivity contribution is -0.409. The van der Waals surface area contributed by atoms with Gasteiger partial charge in [0.15, 0.2) is 56.6 Å². The molecule has 0 unspecified atom stereocenters. The van der Waals surface area contributed by atoms with Crippen molar-refractivity contribution in [2.24, 2.45) is 0 Å². The van der Waals surface area contributed by atoms with E-state index in [0.717, 1.165) is 20.8 Å². The summed E-state index contributed by atoms with van der Waals surface area (Å²) in [5.41, 5.74) is 0. The SMILES string of the molecule is CC(=O)N[C@H]1[C@H](O[C@H]2[C@@H](O)[C@@H](CO)O[C@@H](O[C@H]3[C@H](O)[C@@H](NC(C)=O)[C@H](O[C@H]4[C@@H](O)[C@@H](CO)O[C@@H](O[C@H]5[C@H](O)[C@@H](O)[C@H](O)O[C@@H]5CO)[C@@H]4O)O[C@@H]3CO)[C@@H]2O[C@@H]2O[C@@H](C)[C@@H](O)[C@@H](O)[C@@H]2O)O[C@H](CO)[C@H](O[C@@H]2O[C@H](CO)[C@H](O)[C@H](O[C@H]3O[C@H](CO)[C@H](O)[C@H](O)[C@H]3NC(C)=O)[C@H]2O[C@@H]2O[C@@H](C)[C@@H](O)[C@@H](O)[C@@H]2O)[C@@H]1O. The number of carbonyl (C=O) groups excluding carboxylic acids is 3. The molecule has 620 valence electrons. The van der Waals surface area contributed by atoms with E-state index in [1.165, 1.54) is 13.8 Å². The molecule has 0 aromatic carbocycles. The zero-order valence-corrected chi connectivity index (χ0v) is 57.8. The van der Waals surface area contributed by atoms with Crippen molar-refractivity contribution in [1.82, 2.24) is 16.0 Å². The summed E-state index contributed by atoms with van der Waals surface area (Å²) in [5.74, 6) is -2.81. The first-order valence-electron chi connectivity index (χ1n) is 34.4. The number of rotatable bonds is 26. The van der Waals surface area contributed by atoms with Gasteiger partial charge >= 0.3 is 0 Å². The van der Waals surface area contributed by atoms with Crippen LogP contribution in [0.5, 0.6) is 0 Å². The third kappa shape index (κ3) is 18.9. The monoisotopic (exact) mass is 1570 g/mol. The van der Waals surface area contributed by atoms with Crippen LogP contribution in [0.3, 0.4) is 0 Å². The second-order valence-corrected chi connectivity index (χ2v) is 27.4. The highest BCUT2D eigenvalue weighted by molar-refractivity contribution is 5.74. The van der Waals surface area contributed by atoms with Crippen molar-refractivity contribution < 1.29 is 217 Å². The third-order valence-corrected chi connectivity index (χ3v) is 19.9. The smallest absolute Gasteiger partial charge is 0.217 e. The Morgan fingerprint density at radius 2 is 0.514 bits per heavy atom. The molecule has 0 spiro atoms. The van der Waals surface area contributed by atoms with E-state index in [1.807, 2.05) is 0 Å². The molecule has 0 radical (unpaired) electrons. The Hall–Kier alpha value is -3.23. The van der Waals surface area contributed by atoms with Crippen LogP contribution in [0.1, 0.15) is 34.6 Å². The summed E-state index contributed by atoms with van der Waals surface area (Å²) in [5, 5.41) is 273. The zero-order valence-electron chi connectivity index (χ0n) is 57.8. The number of ether oxygens (including phenoxy) is 17. The van der Waals surface area contributed by atoms with Crippen molar-refractivity contribution in [3.8, 4) is 0 Å². The number of aliphatic hydroxyl groups excluding tert-OH is 24. The average Bonchev–Trinajstić information content (AvgIpc) is 0.764. The fourth-order valence-electron chi connectivity index (χ4n) is 14.0. The van der Waals surface area contributed by atoms with Gasteiger partial charge < -0.3 is 219 Å². The number of hydrogen-bond acceptors (Lipinski definition) is 44. The van der Waals surface area contributed by atoms with Gasteiger partial charge in [-0.3, -0.25) is 14.4 Å². The van der Waals surface area contributed by atoms with Gasteiger partial charge in [0, 0.05) is 20.8 Å².